The summed E-state index contributed by atoms with van der Waals surface area (Å²) in [5, 5.41) is 0.136. The number of alkyl halides is 8. The van der Waals surface area contributed by atoms with Gasteiger partial charge in [0.25, 0.3) is 5.92 Å². The van der Waals surface area contributed by atoms with Crippen LogP contribution in [0.5, 0.6) is 5.75 Å². The van der Waals surface area contributed by atoms with Crippen LogP contribution < -0.4 is 4.74 Å². The summed E-state index contributed by atoms with van der Waals surface area (Å²) in [5.74, 6) is -4.72. The van der Waals surface area contributed by atoms with Crippen molar-refractivity contribution in [2.75, 3.05) is 6.61 Å². The molecule has 0 bridgehead atoms. The number of carbonyl (C=O) groups excluding carboxylic acids is 1. The molecule has 0 aliphatic carbocycles. The van der Waals surface area contributed by atoms with E-state index in [-0.39, 0.29) is 33.8 Å². The van der Waals surface area contributed by atoms with E-state index in [9.17, 15) is 39.9 Å². The topological polar surface area (TPSA) is 48.4 Å². The van der Waals surface area contributed by atoms with Gasteiger partial charge in [-0.1, -0.05) is 24.3 Å². The van der Waals surface area contributed by atoms with Crippen molar-refractivity contribution in [2.24, 2.45) is 0 Å². The molecular weight excluding hydrogens is 534 g/mol. The lowest BCUT2D eigenvalue weighted by Crippen LogP contribution is -2.12. The molecule has 37 heavy (non-hydrogen) atoms. The Hall–Kier alpha value is -3.22. The van der Waals surface area contributed by atoms with E-state index in [1.54, 1.807) is 6.92 Å². The van der Waals surface area contributed by atoms with Crippen LogP contribution >= 0.6 is 11.3 Å². The number of halogens is 8. The van der Waals surface area contributed by atoms with E-state index in [0.29, 0.717) is 19.1 Å². The summed E-state index contributed by atoms with van der Waals surface area (Å²) in [4.78, 5) is 16.3. The fraction of sp³-hybridized carbons (Fsp3) is 0.333. The molecule has 1 aromatic carbocycles. The van der Waals surface area contributed by atoms with Crippen molar-refractivity contribution in [3.8, 4) is 5.75 Å². The number of hydrogen-bond donors (Lipinski definition) is 0. The van der Waals surface area contributed by atoms with Gasteiger partial charge < -0.3 is 9.47 Å². The first kappa shape index (κ1) is 30.0. The predicted octanol–water partition coefficient (Wildman–Crippen LogP) is 8.11. The molecule has 2 rings (SSSR count). The molecule has 0 fully saturated rings. The van der Waals surface area contributed by atoms with Crippen LogP contribution in [0.15, 0.2) is 48.1 Å². The normalized spacial score (nSPS) is 13.5. The number of ether oxygens (including phenoxy) is 2. The molecule has 0 atom stereocenters. The van der Waals surface area contributed by atoms with Gasteiger partial charge in [-0.15, -0.1) is 11.3 Å². The molecular formula is C24H21F8NO3S. The summed E-state index contributed by atoms with van der Waals surface area (Å²) in [7, 11) is 0. The number of carbonyl (C=O) groups is 1. The Labute approximate surface area is 210 Å². The highest BCUT2D eigenvalue weighted by atomic mass is 32.1. The smallest absolute Gasteiger partial charge is 0.416 e. The van der Waals surface area contributed by atoms with Gasteiger partial charge in [0.15, 0.2) is 0 Å². The maximum atomic E-state index is 13.6. The van der Waals surface area contributed by atoms with Crippen molar-refractivity contribution < 1.29 is 49.4 Å². The van der Waals surface area contributed by atoms with Gasteiger partial charge in [-0.2, -0.15) is 26.3 Å². The van der Waals surface area contributed by atoms with E-state index in [4.69, 9.17) is 9.47 Å². The largest absolute Gasteiger partial charge is 0.487 e. The van der Waals surface area contributed by atoms with Crippen LogP contribution in [-0.4, -0.2) is 23.5 Å². The van der Waals surface area contributed by atoms with Gasteiger partial charge in [0.2, 0.25) is 0 Å². The third-order valence-electron chi connectivity index (χ3n) is 4.48. The summed E-state index contributed by atoms with van der Waals surface area (Å²) in [5.41, 5.74) is -3.56. The van der Waals surface area contributed by atoms with Gasteiger partial charge in [-0.3, -0.25) is 0 Å². The molecule has 1 heterocycles. The highest BCUT2D eigenvalue weighted by molar-refractivity contribution is 7.14. The minimum atomic E-state index is -5.07. The van der Waals surface area contributed by atoms with Gasteiger partial charge in [0.05, 0.1) is 17.7 Å². The maximum absolute atomic E-state index is 13.6. The Balaban J connectivity index is 2.41. The molecule has 0 aliphatic heterocycles. The molecule has 0 aliphatic rings. The first-order chi connectivity index (χ1) is 17.1. The van der Waals surface area contributed by atoms with E-state index in [2.05, 4.69) is 4.98 Å². The number of thiazole rings is 1. The zero-order valence-corrected chi connectivity index (χ0v) is 20.5. The van der Waals surface area contributed by atoms with Gasteiger partial charge in [0, 0.05) is 12.5 Å². The number of benzene rings is 1. The predicted molar refractivity (Wildman–Crippen MR) is 121 cm³/mol. The number of allylic oxidation sites excluding steroid dienone is 5. The van der Waals surface area contributed by atoms with Crippen LogP contribution in [0.1, 0.15) is 52.3 Å². The minimum Gasteiger partial charge on any atom is -0.487 e. The second-order valence-electron chi connectivity index (χ2n) is 7.45. The lowest BCUT2D eigenvalue weighted by atomic mass is 10.1. The molecule has 0 N–H and O–H groups in total. The zero-order valence-electron chi connectivity index (χ0n) is 19.6. The Morgan fingerprint density at radius 2 is 1.62 bits per heavy atom. The van der Waals surface area contributed by atoms with Crippen molar-refractivity contribution in [3.05, 3.63) is 74.8 Å². The summed E-state index contributed by atoms with van der Waals surface area (Å²) >= 11 is 0.783. The molecule has 0 amide bonds. The third-order valence-corrected chi connectivity index (χ3v) is 5.52. The van der Waals surface area contributed by atoms with Crippen molar-refractivity contribution in [1.82, 2.24) is 4.98 Å². The van der Waals surface area contributed by atoms with Crippen LogP contribution in [0, 0.1) is 0 Å². The van der Waals surface area contributed by atoms with Crippen LogP contribution in [-0.2, 0) is 23.7 Å². The Kier molecular flexibility index (Phi) is 9.64. The van der Waals surface area contributed by atoms with E-state index in [1.807, 2.05) is 0 Å². The SMILES string of the molecule is C\C=C/C(=C\C=C\c1nc(COc2cc(C(F)(F)F)cc(C(F)(F)F)c2)c(C(=O)OCC)s1)C(C)(F)F. The second-order valence-corrected chi connectivity index (χ2v) is 8.48. The number of hydrogen-bond acceptors (Lipinski definition) is 5. The molecule has 0 saturated heterocycles. The Bertz CT molecular complexity index is 1160. The summed E-state index contributed by atoms with van der Waals surface area (Å²) in [6.45, 7) is 3.11. The highest BCUT2D eigenvalue weighted by Crippen LogP contribution is 2.38. The third kappa shape index (κ3) is 8.69. The monoisotopic (exact) mass is 555 g/mol. The second kappa shape index (κ2) is 11.9. The van der Waals surface area contributed by atoms with Gasteiger partial charge >= 0.3 is 18.3 Å². The van der Waals surface area contributed by atoms with Crippen LogP contribution in [0.25, 0.3) is 6.08 Å². The number of esters is 1. The van der Waals surface area contributed by atoms with Crippen molar-refractivity contribution in [2.45, 2.75) is 45.7 Å². The molecule has 0 radical (unpaired) electrons. The van der Waals surface area contributed by atoms with Crippen molar-refractivity contribution in [1.29, 1.82) is 0 Å². The van der Waals surface area contributed by atoms with Crippen LogP contribution in [0.3, 0.4) is 0 Å². The van der Waals surface area contributed by atoms with E-state index in [1.165, 1.54) is 31.2 Å². The number of nitrogens with zero attached hydrogens (tertiary/aromatic N) is 1. The Morgan fingerprint density at radius 3 is 2.11 bits per heavy atom. The molecule has 1 aromatic heterocycles. The molecule has 0 unspecified atom stereocenters. The Morgan fingerprint density at radius 1 is 1.03 bits per heavy atom. The van der Waals surface area contributed by atoms with Gasteiger partial charge in [0.1, 0.15) is 27.9 Å². The van der Waals surface area contributed by atoms with E-state index >= 15 is 0 Å². The molecule has 2 aromatic rings. The summed E-state index contributed by atoms with van der Waals surface area (Å²) in [6.07, 6.45) is -3.81. The first-order valence-corrected chi connectivity index (χ1v) is 11.4. The molecule has 0 spiro atoms. The minimum absolute atomic E-state index is 0.0220. The lowest BCUT2D eigenvalue weighted by Gasteiger charge is -2.14. The van der Waals surface area contributed by atoms with Gasteiger partial charge in [-0.05, 0) is 38.1 Å². The van der Waals surface area contributed by atoms with E-state index < -0.39 is 47.7 Å². The molecule has 13 heteroatoms. The summed E-state index contributed by atoms with van der Waals surface area (Å²) < 4.78 is 116. The van der Waals surface area contributed by atoms with Gasteiger partial charge in [-0.25, -0.2) is 18.6 Å². The average molecular weight is 555 g/mol. The van der Waals surface area contributed by atoms with Crippen LogP contribution in [0.4, 0.5) is 35.1 Å². The molecule has 202 valence electrons. The molecule has 0 saturated carbocycles. The fourth-order valence-corrected chi connectivity index (χ4v) is 3.69. The van der Waals surface area contributed by atoms with E-state index in [0.717, 1.165) is 17.4 Å². The zero-order chi connectivity index (χ0) is 28.0. The maximum Gasteiger partial charge on any atom is 0.416 e. The van der Waals surface area contributed by atoms with Crippen molar-refractivity contribution in [3.63, 3.8) is 0 Å². The average Bonchev–Trinajstić information content (AvgIpc) is 3.18. The quantitative estimate of drug-likeness (QED) is 0.178. The van der Waals surface area contributed by atoms with Crippen molar-refractivity contribution >= 4 is 23.4 Å². The number of rotatable bonds is 9. The molecule has 4 nitrogen and oxygen atoms in total. The highest BCUT2D eigenvalue weighted by Gasteiger charge is 2.37. The first-order valence-electron chi connectivity index (χ1n) is 10.5. The fourth-order valence-electron chi connectivity index (χ4n) is 2.82. The number of aromatic nitrogens is 1. The lowest BCUT2D eigenvalue weighted by molar-refractivity contribution is -0.143. The summed E-state index contributed by atoms with van der Waals surface area (Å²) in [6, 6.07) is 0.744. The standard InChI is InChI=1S/C24H21F8NO3S/c1-4-7-14(22(3,25)26)8-6-9-19-33-18(20(37-19)21(34)35-5-2)13-36-17-11-15(23(27,28)29)10-16(12-17)24(30,31)32/h4,6-12H,5,13H2,1-3H3/b7-4-,9-6+,14-8+. The van der Waals surface area contributed by atoms with Crippen LogP contribution in [0.2, 0.25) is 0 Å².